The summed E-state index contributed by atoms with van der Waals surface area (Å²) in [6.07, 6.45) is 0. The Labute approximate surface area is 109 Å². The molecule has 3 nitrogen and oxygen atoms in total. The zero-order valence-corrected chi connectivity index (χ0v) is 11.6. The number of carbonyl (C=O) groups is 1. The van der Waals surface area contributed by atoms with E-state index in [1.807, 2.05) is 20.8 Å². The Hall–Kier alpha value is -0.940. The van der Waals surface area contributed by atoms with Gasteiger partial charge in [-0.15, -0.1) is 0 Å². The SMILES string of the molecule is CC(C)(C)[C@@H](N)C(=O)Nc1ccc(F)cc1Br. The van der Waals surface area contributed by atoms with Crippen molar-refractivity contribution in [2.24, 2.45) is 11.1 Å². The molecule has 17 heavy (non-hydrogen) atoms. The van der Waals surface area contributed by atoms with Crippen molar-refractivity contribution >= 4 is 27.5 Å². The first-order valence-electron chi connectivity index (χ1n) is 5.23. The lowest BCUT2D eigenvalue weighted by Gasteiger charge is -2.26. The Balaban J connectivity index is 2.82. The van der Waals surface area contributed by atoms with Crippen molar-refractivity contribution in [3.8, 4) is 0 Å². The standard InChI is InChI=1S/C12H16BrFN2O/c1-12(2,3)10(15)11(17)16-9-5-4-7(14)6-8(9)13/h4-6,10H,15H2,1-3H3,(H,16,17)/t10-/m0/s1. The summed E-state index contributed by atoms with van der Waals surface area (Å²) in [5.74, 6) is -0.653. The molecule has 0 radical (unpaired) electrons. The second-order valence-electron chi connectivity index (χ2n) is 4.96. The number of nitrogens with two attached hydrogens (primary N) is 1. The molecule has 0 fully saturated rings. The monoisotopic (exact) mass is 302 g/mol. The van der Waals surface area contributed by atoms with Crippen LogP contribution in [0.15, 0.2) is 22.7 Å². The van der Waals surface area contributed by atoms with Gasteiger partial charge in [0.25, 0.3) is 0 Å². The van der Waals surface area contributed by atoms with E-state index in [4.69, 9.17) is 5.73 Å². The van der Waals surface area contributed by atoms with Crippen molar-refractivity contribution in [3.63, 3.8) is 0 Å². The minimum absolute atomic E-state index is 0.287. The lowest BCUT2D eigenvalue weighted by atomic mass is 9.87. The molecule has 0 aliphatic carbocycles. The summed E-state index contributed by atoms with van der Waals surface area (Å²) in [6.45, 7) is 5.66. The third kappa shape index (κ3) is 3.78. The van der Waals surface area contributed by atoms with Crippen molar-refractivity contribution in [2.45, 2.75) is 26.8 Å². The second kappa shape index (κ2) is 5.14. The Bertz CT molecular complexity index is 429. The Morgan fingerprint density at radius 3 is 2.53 bits per heavy atom. The molecule has 1 aromatic rings. The van der Waals surface area contributed by atoms with Gasteiger partial charge in [0, 0.05) is 4.47 Å². The molecule has 0 saturated heterocycles. The summed E-state index contributed by atoms with van der Waals surface area (Å²) in [6, 6.07) is 3.44. The highest BCUT2D eigenvalue weighted by Gasteiger charge is 2.27. The van der Waals surface area contributed by atoms with E-state index >= 15 is 0 Å². The summed E-state index contributed by atoms with van der Waals surface area (Å²) in [7, 11) is 0. The van der Waals surface area contributed by atoms with Crippen LogP contribution in [0, 0.1) is 11.2 Å². The number of amides is 1. The number of carbonyl (C=O) groups excluding carboxylic acids is 1. The number of halogens is 2. The van der Waals surface area contributed by atoms with Crippen molar-refractivity contribution in [1.29, 1.82) is 0 Å². The van der Waals surface area contributed by atoms with E-state index in [9.17, 15) is 9.18 Å². The highest BCUT2D eigenvalue weighted by atomic mass is 79.9. The van der Waals surface area contributed by atoms with Crippen molar-refractivity contribution in [1.82, 2.24) is 0 Å². The molecule has 0 bridgehead atoms. The number of benzene rings is 1. The van der Waals surface area contributed by atoms with Crippen LogP contribution in [0.25, 0.3) is 0 Å². The molecule has 1 aromatic carbocycles. The topological polar surface area (TPSA) is 55.1 Å². The van der Waals surface area contributed by atoms with E-state index in [2.05, 4.69) is 21.2 Å². The highest BCUT2D eigenvalue weighted by Crippen LogP contribution is 2.24. The van der Waals surface area contributed by atoms with Gasteiger partial charge in [-0.3, -0.25) is 4.79 Å². The van der Waals surface area contributed by atoms with Crippen LogP contribution in [0.3, 0.4) is 0 Å². The molecular formula is C12H16BrFN2O. The fourth-order valence-corrected chi connectivity index (χ4v) is 1.64. The van der Waals surface area contributed by atoms with Gasteiger partial charge in [-0.1, -0.05) is 20.8 Å². The van der Waals surface area contributed by atoms with Crippen LogP contribution in [0.4, 0.5) is 10.1 Å². The first-order valence-corrected chi connectivity index (χ1v) is 6.02. The van der Waals surface area contributed by atoms with Crippen molar-refractivity contribution in [3.05, 3.63) is 28.5 Å². The zero-order chi connectivity index (χ0) is 13.2. The summed E-state index contributed by atoms with van der Waals surface area (Å²) in [5.41, 5.74) is 6.01. The van der Waals surface area contributed by atoms with Crippen LogP contribution in [-0.4, -0.2) is 11.9 Å². The normalized spacial score (nSPS) is 13.3. The van der Waals surface area contributed by atoms with Gasteiger partial charge < -0.3 is 11.1 Å². The van der Waals surface area contributed by atoms with Crippen LogP contribution in [0.2, 0.25) is 0 Å². The van der Waals surface area contributed by atoms with E-state index in [0.717, 1.165) is 0 Å². The van der Waals surface area contributed by atoms with Gasteiger partial charge in [0.2, 0.25) is 5.91 Å². The molecule has 0 saturated carbocycles. The predicted molar refractivity (Wildman–Crippen MR) is 70.2 cm³/mol. The van der Waals surface area contributed by atoms with Crippen LogP contribution in [-0.2, 0) is 4.79 Å². The maximum absolute atomic E-state index is 12.9. The largest absolute Gasteiger partial charge is 0.324 e. The first kappa shape index (κ1) is 14.1. The highest BCUT2D eigenvalue weighted by molar-refractivity contribution is 9.10. The summed E-state index contributed by atoms with van der Waals surface area (Å²) in [4.78, 5) is 11.8. The van der Waals surface area contributed by atoms with Crippen LogP contribution in [0.1, 0.15) is 20.8 Å². The van der Waals surface area contributed by atoms with Crippen LogP contribution >= 0.6 is 15.9 Å². The molecular weight excluding hydrogens is 287 g/mol. The summed E-state index contributed by atoms with van der Waals surface area (Å²) in [5, 5.41) is 2.67. The van der Waals surface area contributed by atoms with Gasteiger partial charge in [-0.2, -0.15) is 0 Å². The second-order valence-corrected chi connectivity index (χ2v) is 5.81. The summed E-state index contributed by atoms with van der Waals surface area (Å²) < 4.78 is 13.4. The number of hydrogen-bond donors (Lipinski definition) is 2. The average Bonchev–Trinajstić information content (AvgIpc) is 2.19. The van der Waals surface area contributed by atoms with E-state index in [1.54, 1.807) is 0 Å². The van der Waals surface area contributed by atoms with E-state index in [0.29, 0.717) is 10.2 Å². The van der Waals surface area contributed by atoms with Gasteiger partial charge in [0.05, 0.1) is 11.7 Å². The van der Waals surface area contributed by atoms with Crippen LogP contribution < -0.4 is 11.1 Å². The molecule has 1 atom stereocenters. The van der Waals surface area contributed by atoms with Gasteiger partial charge in [0.1, 0.15) is 5.82 Å². The summed E-state index contributed by atoms with van der Waals surface area (Å²) >= 11 is 3.18. The van der Waals surface area contributed by atoms with Gasteiger partial charge in [-0.25, -0.2) is 4.39 Å². The molecule has 1 amide bonds. The Morgan fingerprint density at radius 2 is 2.06 bits per heavy atom. The fraction of sp³-hybridized carbons (Fsp3) is 0.417. The zero-order valence-electron chi connectivity index (χ0n) is 10.1. The molecule has 94 valence electrons. The Morgan fingerprint density at radius 1 is 1.47 bits per heavy atom. The lowest BCUT2D eigenvalue weighted by molar-refractivity contribution is -0.119. The van der Waals surface area contributed by atoms with Gasteiger partial charge in [-0.05, 0) is 39.5 Å². The lowest BCUT2D eigenvalue weighted by Crippen LogP contribution is -2.45. The molecule has 1 rings (SSSR count). The number of rotatable bonds is 2. The molecule has 0 heterocycles. The Kier molecular flexibility index (Phi) is 4.27. The maximum Gasteiger partial charge on any atom is 0.241 e. The van der Waals surface area contributed by atoms with Crippen LogP contribution in [0.5, 0.6) is 0 Å². The molecule has 3 N–H and O–H groups in total. The van der Waals surface area contributed by atoms with E-state index < -0.39 is 6.04 Å². The van der Waals surface area contributed by atoms with Gasteiger partial charge in [0.15, 0.2) is 0 Å². The predicted octanol–water partition coefficient (Wildman–Crippen LogP) is 2.90. The number of anilines is 1. The fourth-order valence-electron chi connectivity index (χ4n) is 1.19. The van der Waals surface area contributed by atoms with Crippen molar-refractivity contribution in [2.75, 3.05) is 5.32 Å². The van der Waals surface area contributed by atoms with E-state index in [1.165, 1.54) is 18.2 Å². The first-order chi connectivity index (χ1) is 7.71. The minimum atomic E-state index is -0.626. The quantitative estimate of drug-likeness (QED) is 0.882. The molecule has 0 aliphatic heterocycles. The molecule has 0 aliphatic rings. The minimum Gasteiger partial charge on any atom is -0.324 e. The third-order valence-electron chi connectivity index (χ3n) is 2.40. The average molecular weight is 303 g/mol. The smallest absolute Gasteiger partial charge is 0.241 e. The molecule has 0 unspecified atom stereocenters. The number of hydrogen-bond acceptors (Lipinski definition) is 2. The van der Waals surface area contributed by atoms with Crippen molar-refractivity contribution < 1.29 is 9.18 Å². The molecule has 0 aromatic heterocycles. The van der Waals surface area contributed by atoms with Gasteiger partial charge >= 0.3 is 0 Å². The third-order valence-corrected chi connectivity index (χ3v) is 3.06. The van der Waals surface area contributed by atoms with E-state index in [-0.39, 0.29) is 17.1 Å². The number of nitrogens with one attached hydrogen (secondary N) is 1. The molecule has 0 spiro atoms. The maximum atomic E-state index is 12.9. The molecule has 5 heteroatoms.